The van der Waals surface area contributed by atoms with Crippen LogP contribution in [0.1, 0.15) is 40.4 Å². The minimum absolute atomic E-state index is 0.135. The highest BCUT2D eigenvalue weighted by Crippen LogP contribution is 2.42. The van der Waals surface area contributed by atoms with Crippen LogP contribution in [0.5, 0.6) is 11.5 Å². The second-order valence-electron chi connectivity index (χ2n) is 8.31. The maximum Gasteiger partial charge on any atom is 0.254 e. The second-order valence-corrected chi connectivity index (χ2v) is 8.31. The molecule has 3 aromatic heterocycles. The molecule has 4 heterocycles. The summed E-state index contributed by atoms with van der Waals surface area (Å²) in [7, 11) is 0. The van der Waals surface area contributed by atoms with Crippen molar-refractivity contribution in [3.63, 3.8) is 0 Å². The fourth-order valence-corrected chi connectivity index (χ4v) is 4.07. The number of nitrogens with zero attached hydrogens (tertiary/aromatic N) is 5. The van der Waals surface area contributed by atoms with Gasteiger partial charge in [-0.15, -0.1) is 0 Å². The molecule has 1 fully saturated rings. The van der Waals surface area contributed by atoms with Crippen molar-refractivity contribution in [2.24, 2.45) is 0 Å². The van der Waals surface area contributed by atoms with Crippen LogP contribution in [-0.4, -0.2) is 44.0 Å². The van der Waals surface area contributed by atoms with Gasteiger partial charge in [0.1, 0.15) is 0 Å². The van der Waals surface area contributed by atoms with Crippen LogP contribution < -0.4 is 14.8 Å². The van der Waals surface area contributed by atoms with E-state index in [0.29, 0.717) is 30.2 Å². The van der Waals surface area contributed by atoms with Crippen LogP contribution in [-0.2, 0) is 6.42 Å². The maximum absolute atomic E-state index is 13.0. The predicted molar refractivity (Wildman–Crippen MR) is 123 cm³/mol. The van der Waals surface area contributed by atoms with Gasteiger partial charge in [0, 0.05) is 36.6 Å². The van der Waals surface area contributed by atoms with Crippen molar-refractivity contribution in [2.45, 2.75) is 25.2 Å². The summed E-state index contributed by atoms with van der Waals surface area (Å²) in [5.74, 6) is 2.00. The van der Waals surface area contributed by atoms with Crippen LogP contribution in [0, 0.1) is 0 Å². The Morgan fingerprint density at radius 3 is 2.85 bits per heavy atom. The number of carbonyl (C=O) groups excluding carboxylic acids is 1. The van der Waals surface area contributed by atoms with Crippen LogP contribution in [0.4, 0.5) is 0 Å². The summed E-state index contributed by atoms with van der Waals surface area (Å²) in [6, 6.07) is 11.4. The maximum atomic E-state index is 13.0. The first kappa shape index (κ1) is 20.3. The van der Waals surface area contributed by atoms with Gasteiger partial charge in [-0.05, 0) is 55.2 Å². The monoisotopic (exact) mass is 454 g/mol. The Morgan fingerprint density at radius 1 is 1.09 bits per heavy atom. The molecule has 0 unspecified atom stereocenters. The van der Waals surface area contributed by atoms with Gasteiger partial charge in [-0.1, -0.05) is 6.07 Å². The van der Waals surface area contributed by atoms with Gasteiger partial charge < -0.3 is 14.8 Å². The van der Waals surface area contributed by atoms with E-state index in [1.165, 1.54) is 0 Å². The zero-order chi connectivity index (χ0) is 22.9. The molecule has 9 nitrogen and oxygen atoms in total. The number of benzene rings is 1. The van der Waals surface area contributed by atoms with E-state index < -0.39 is 0 Å². The Morgan fingerprint density at radius 2 is 2.00 bits per heavy atom. The molecule has 0 atom stereocenters. The SMILES string of the molecule is O=C(NCCc1cccnc1)c1cnn(-c2nccc(-c3ccc4c(c3)OCO4)n2)c1C1CC1. The fourth-order valence-electron chi connectivity index (χ4n) is 4.07. The molecule has 1 aliphatic heterocycles. The highest BCUT2D eigenvalue weighted by molar-refractivity contribution is 5.95. The lowest BCUT2D eigenvalue weighted by Gasteiger charge is -2.10. The van der Waals surface area contributed by atoms with Gasteiger partial charge in [0.25, 0.3) is 11.9 Å². The second kappa shape index (κ2) is 8.58. The summed E-state index contributed by atoms with van der Waals surface area (Å²) in [6.07, 6.45) is 9.62. The van der Waals surface area contributed by atoms with Crippen molar-refractivity contribution >= 4 is 5.91 Å². The highest BCUT2D eigenvalue weighted by Gasteiger charge is 2.33. The molecule has 6 rings (SSSR count). The Hall–Kier alpha value is -4.27. The number of ether oxygens (including phenoxy) is 2. The summed E-state index contributed by atoms with van der Waals surface area (Å²) >= 11 is 0. The summed E-state index contributed by atoms with van der Waals surface area (Å²) in [5.41, 5.74) is 4.14. The molecule has 0 saturated heterocycles. The molecule has 1 amide bonds. The average Bonchev–Trinajstić information content (AvgIpc) is 3.43. The topological polar surface area (TPSA) is 104 Å². The zero-order valence-corrected chi connectivity index (χ0v) is 18.3. The van der Waals surface area contributed by atoms with E-state index in [1.54, 1.807) is 23.3 Å². The van der Waals surface area contributed by atoms with Gasteiger partial charge in [-0.25, -0.2) is 14.6 Å². The fraction of sp³-hybridized carbons (Fsp3) is 0.240. The van der Waals surface area contributed by atoms with E-state index in [4.69, 9.17) is 14.5 Å². The number of amides is 1. The molecule has 2 aliphatic rings. The Balaban J connectivity index is 1.25. The van der Waals surface area contributed by atoms with Crippen LogP contribution in [0.2, 0.25) is 0 Å². The first-order valence-electron chi connectivity index (χ1n) is 11.2. The zero-order valence-electron chi connectivity index (χ0n) is 18.3. The van der Waals surface area contributed by atoms with Crippen LogP contribution in [0.3, 0.4) is 0 Å². The number of nitrogens with one attached hydrogen (secondary N) is 1. The molecule has 34 heavy (non-hydrogen) atoms. The lowest BCUT2D eigenvalue weighted by Crippen LogP contribution is -2.26. The van der Waals surface area contributed by atoms with Crippen molar-refractivity contribution in [2.75, 3.05) is 13.3 Å². The number of aromatic nitrogens is 5. The van der Waals surface area contributed by atoms with Crippen molar-refractivity contribution in [1.82, 2.24) is 30.0 Å². The predicted octanol–water partition coefficient (Wildman–Crippen LogP) is 3.30. The Bertz CT molecular complexity index is 1350. The molecule has 1 N–H and O–H groups in total. The van der Waals surface area contributed by atoms with Crippen molar-refractivity contribution in [1.29, 1.82) is 0 Å². The number of pyridine rings is 1. The first-order valence-corrected chi connectivity index (χ1v) is 11.2. The normalized spacial score (nSPS) is 14.2. The van der Waals surface area contributed by atoms with Gasteiger partial charge in [0.15, 0.2) is 11.5 Å². The number of hydrogen-bond acceptors (Lipinski definition) is 7. The van der Waals surface area contributed by atoms with E-state index in [0.717, 1.165) is 41.1 Å². The molecule has 1 saturated carbocycles. The number of carbonyl (C=O) groups is 1. The largest absolute Gasteiger partial charge is 0.454 e. The molecule has 4 aromatic rings. The minimum atomic E-state index is -0.135. The highest BCUT2D eigenvalue weighted by atomic mass is 16.7. The van der Waals surface area contributed by atoms with Crippen LogP contribution >= 0.6 is 0 Å². The first-order chi connectivity index (χ1) is 16.8. The van der Waals surface area contributed by atoms with Gasteiger partial charge >= 0.3 is 0 Å². The van der Waals surface area contributed by atoms with Crippen LogP contribution in [0.15, 0.2) is 61.2 Å². The Kier molecular flexibility index (Phi) is 5.14. The third-order valence-corrected chi connectivity index (χ3v) is 5.94. The molecule has 0 spiro atoms. The number of fused-ring (bicyclic) bond motifs is 1. The summed E-state index contributed by atoms with van der Waals surface area (Å²) in [4.78, 5) is 26.3. The quantitative estimate of drug-likeness (QED) is 0.457. The van der Waals surface area contributed by atoms with Gasteiger partial charge in [0.05, 0.1) is 23.1 Å². The minimum Gasteiger partial charge on any atom is -0.454 e. The number of rotatable bonds is 7. The van der Waals surface area contributed by atoms with E-state index in [-0.39, 0.29) is 18.6 Å². The Labute approximate surface area is 195 Å². The smallest absolute Gasteiger partial charge is 0.254 e. The van der Waals surface area contributed by atoms with Crippen molar-refractivity contribution in [3.8, 4) is 28.7 Å². The van der Waals surface area contributed by atoms with Crippen molar-refractivity contribution in [3.05, 3.63) is 78.0 Å². The van der Waals surface area contributed by atoms with E-state index in [1.807, 2.05) is 42.6 Å². The molecule has 0 bridgehead atoms. The standard InChI is InChI=1S/C25H22N6O3/c32-24(27-10-7-16-2-1-9-26-13-16)19-14-29-31(23(19)17-3-4-17)25-28-11-8-20(30-25)18-5-6-21-22(12-18)34-15-33-21/h1-2,5-6,8-9,11-14,17H,3-4,7,10,15H2,(H,27,32). The molecule has 0 radical (unpaired) electrons. The molecular weight excluding hydrogens is 432 g/mol. The van der Waals surface area contributed by atoms with E-state index in [9.17, 15) is 4.79 Å². The summed E-state index contributed by atoms with van der Waals surface area (Å²) in [5, 5.41) is 7.51. The molecule has 170 valence electrons. The third-order valence-electron chi connectivity index (χ3n) is 5.94. The average molecular weight is 454 g/mol. The lowest BCUT2D eigenvalue weighted by molar-refractivity contribution is 0.0953. The summed E-state index contributed by atoms with van der Waals surface area (Å²) < 4.78 is 12.6. The van der Waals surface area contributed by atoms with Crippen molar-refractivity contribution < 1.29 is 14.3 Å². The molecule has 1 aliphatic carbocycles. The summed E-state index contributed by atoms with van der Waals surface area (Å²) in [6.45, 7) is 0.745. The lowest BCUT2D eigenvalue weighted by atomic mass is 10.1. The van der Waals surface area contributed by atoms with Gasteiger partial charge in [-0.2, -0.15) is 5.10 Å². The van der Waals surface area contributed by atoms with E-state index >= 15 is 0 Å². The van der Waals surface area contributed by atoms with Gasteiger partial charge in [-0.3, -0.25) is 9.78 Å². The molecular formula is C25H22N6O3. The number of hydrogen-bond donors (Lipinski definition) is 1. The van der Waals surface area contributed by atoms with E-state index in [2.05, 4.69) is 20.4 Å². The molecule has 1 aromatic carbocycles. The van der Waals surface area contributed by atoms with Crippen LogP contribution in [0.25, 0.3) is 17.2 Å². The third kappa shape index (κ3) is 3.96. The van der Waals surface area contributed by atoms with Gasteiger partial charge in [0.2, 0.25) is 6.79 Å². The molecule has 9 heteroatoms.